The smallest absolute Gasteiger partial charge is 0.0897 e. The lowest BCUT2D eigenvalue weighted by Crippen LogP contribution is -2.32. The first-order valence-corrected chi connectivity index (χ1v) is 9.24. The zero-order chi connectivity index (χ0) is 14.5. The van der Waals surface area contributed by atoms with E-state index >= 15 is 0 Å². The third-order valence-corrected chi connectivity index (χ3v) is 5.79. The van der Waals surface area contributed by atoms with E-state index in [9.17, 15) is 5.11 Å². The van der Waals surface area contributed by atoms with Gasteiger partial charge in [-0.05, 0) is 43.7 Å². The average Bonchev–Trinajstić information content (AvgIpc) is 3.07. The molecule has 0 aliphatic heterocycles. The van der Waals surface area contributed by atoms with Gasteiger partial charge in [-0.25, -0.2) is 0 Å². The Morgan fingerprint density at radius 3 is 2.90 bits per heavy atom. The molecule has 2 aliphatic carbocycles. The Labute approximate surface area is 131 Å². The summed E-state index contributed by atoms with van der Waals surface area (Å²) in [5.41, 5.74) is 1.55. The molecule has 0 aromatic carbocycles. The number of aryl methyl sites for hydroxylation is 2. The Morgan fingerprint density at radius 2 is 2.10 bits per heavy atom. The summed E-state index contributed by atoms with van der Waals surface area (Å²) in [6.07, 6.45) is 10.1. The van der Waals surface area contributed by atoms with Crippen LogP contribution in [0.1, 0.15) is 53.8 Å². The zero-order valence-electron chi connectivity index (χ0n) is 12.8. The minimum Gasteiger partial charge on any atom is -0.389 e. The van der Waals surface area contributed by atoms with Crippen molar-refractivity contribution in [3.63, 3.8) is 0 Å². The molecule has 2 aliphatic rings. The van der Waals surface area contributed by atoms with E-state index in [0.29, 0.717) is 19.3 Å². The molecule has 21 heavy (non-hydrogen) atoms. The SMILES string of the molecule is OC(CNCc1cc2c(s1)CCC2)COC1CCCCC1. The van der Waals surface area contributed by atoms with E-state index in [2.05, 4.69) is 11.4 Å². The van der Waals surface area contributed by atoms with Gasteiger partial charge >= 0.3 is 0 Å². The van der Waals surface area contributed by atoms with Crippen LogP contribution in [0.4, 0.5) is 0 Å². The molecule has 1 aromatic heterocycles. The van der Waals surface area contributed by atoms with Gasteiger partial charge in [0, 0.05) is 22.8 Å². The number of aliphatic hydroxyl groups is 1. The second-order valence-corrected chi connectivity index (χ2v) is 7.61. The largest absolute Gasteiger partial charge is 0.389 e. The molecular formula is C17H27NO2S. The molecule has 1 aromatic rings. The van der Waals surface area contributed by atoms with E-state index in [1.165, 1.54) is 56.2 Å². The number of hydrogen-bond donors (Lipinski definition) is 2. The van der Waals surface area contributed by atoms with Crippen LogP contribution < -0.4 is 5.32 Å². The van der Waals surface area contributed by atoms with Gasteiger partial charge in [-0.15, -0.1) is 11.3 Å². The van der Waals surface area contributed by atoms with Crippen LogP contribution in [0.5, 0.6) is 0 Å². The van der Waals surface area contributed by atoms with Gasteiger partial charge in [0.05, 0.1) is 18.8 Å². The molecule has 0 spiro atoms. The number of ether oxygens (including phenoxy) is 1. The van der Waals surface area contributed by atoms with Crippen molar-refractivity contribution in [2.75, 3.05) is 13.2 Å². The van der Waals surface area contributed by atoms with E-state index in [0.717, 1.165) is 6.54 Å². The molecule has 1 fully saturated rings. The molecule has 1 heterocycles. The predicted molar refractivity (Wildman–Crippen MR) is 86.9 cm³/mol. The minimum absolute atomic E-state index is 0.383. The van der Waals surface area contributed by atoms with Crippen molar-refractivity contribution < 1.29 is 9.84 Å². The first-order chi connectivity index (χ1) is 10.3. The maximum Gasteiger partial charge on any atom is 0.0897 e. The minimum atomic E-state index is -0.390. The summed E-state index contributed by atoms with van der Waals surface area (Å²) in [6, 6.07) is 2.34. The quantitative estimate of drug-likeness (QED) is 0.813. The molecule has 1 unspecified atom stereocenters. The van der Waals surface area contributed by atoms with E-state index in [4.69, 9.17) is 4.74 Å². The first kappa shape index (κ1) is 15.5. The lowest BCUT2D eigenvalue weighted by molar-refractivity contribution is -0.0230. The molecule has 0 radical (unpaired) electrons. The van der Waals surface area contributed by atoms with Crippen molar-refractivity contribution in [2.24, 2.45) is 0 Å². The van der Waals surface area contributed by atoms with Crippen LogP contribution >= 0.6 is 11.3 Å². The van der Waals surface area contributed by atoms with Crippen molar-refractivity contribution in [3.8, 4) is 0 Å². The van der Waals surface area contributed by atoms with Gasteiger partial charge in [0.25, 0.3) is 0 Å². The highest BCUT2D eigenvalue weighted by Crippen LogP contribution is 2.30. The summed E-state index contributed by atoms with van der Waals surface area (Å²) in [5.74, 6) is 0. The number of thiophene rings is 1. The van der Waals surface area contributed by atoms with Gasteiger partial charge in [0.2, 0.25) is 0 Å². The van der Waals surface area contributed by atoms with Crippen molar-refractivity contribution in [3.05, 3.63) is 21.4 Å². The molecule has 118 valence electrons. The summed E-state index contributed by atoms with van der Waals surface area (Å²) in [5, 5.41) is 13.3. The number of nitrogens with one attached hydrogen (secondary N) is 1. The standard InChI is InChI=1S/C17H27NO2S/c19-14(12-20-15-6-2-1-3-7-15)10-18-11-16-9-13-5-4-8-17(13)21-16/h9,14-15,18-19H,1-8,10-12H2. The number of aliphatic hydroxyl groups excluding tert-OH is 1. The topological polar surface area (TPSA) is 41.5 Å². The van der Waals surface area contributed by atoms with Crippen molar-refractivity contribution in [1.82, 2.24) is 5.32 Å². The van der Waals surface area contributed by atoms with Gasteiger partial charge < -0.3 is 15.2 Å². The van der Waals surface area contributed by atoms with Gasteiger partial charge in [-0.1, -0.05) is 19.3 Å². The van der Waals surface area contributed by atoms with Crippen molar-refractivity contribution >= 4 is 11.3 Å². The molecule has 4 heteroatoms. The van der Waals surface area contributed by atoms with Crippen LogP contribution in [0, 0.1) is 0 Å². The lowest BCUT2D eigenvalue weighted by Gasteiger charge is -2.23. The summed E-state index contributed by atoms with van der Waals surface area (Å²) < 4.78 is 5.81. The third-order valence-electron chi connectivity index (χ3n) is 4.55. The van der Waals surface area contributed by atoms with Gasteiger partial charge in [0.1, 0.15) is 0 Å². The molecule has 0 amide bonds. The Hall–Kier alpha value is -0.420. The van der Waals surface area contributed by atoms with Gasteiger partial charge in [-0.2, -0.15) is 0 Å². The summed E-state index contributed by atoms with van der Waals surface area (Å²) in [6.45, 7) is 1.96. The lowest BCUT2D eigenvalue weighted by atomic mass is 9.98. The molecule has 2 N–H and O–H groups in total. The monoisotopic (exact) mass is 309 g/mol. The highest BCUT2D eigenvalue weighted by molar-refractivity contribution is 7.12. The molecule has 3 nitrogen and oxygen atoms in total. The fourth-order valence-electron chi connectivity index (χ4n) is 3.38. The van der Waals surface area contributed by atoms with E-state index in [1.807, 2.05) is 11.3 Å². The van der Waals surface area contributed by atoms with Gasteiger partial charge in [-0.3, -0.25) is 0 Å². The fourth-order valence-corrected chi connectivity index (χ4v) is 4.61. The maximum absolute atomic E-state index is 9.99. The Kier molecular flexibility index (Phi) is 5.69. The molecule has 0 saturated heterocycles. The maximum atomic E-state index is 9.99. The Morgan fingerprint density at radius 1 is 1.24 bits per heavy atom. The summed E-state index contributed by atoms with van der Waals surface area (Å²) in [4.78, 5) is 2.98. The number of rotatable bonds is 7. The van der Waals surface area contributed by atoms with Crippen molar-refractivity contribution in [1.29, 1.82) is 0 Å². The molecule has 3 rings (SSSR count). The zero-order valence-corrected chi connectivity index (χ0v) is 13.6. The summed E-state index contributed by atoms with van der Waals surface area (Å²) >= 11 is 1.93. The molecule has 1 atom stereocenters. The fraction of sp³-hybridized carbons (Fsp3) is 0.765. The average molecular weight is 309 g/mol. The van der Waals surface area contributed by atoms with Crippen LogP contribution in [0.25, 0.3) is 0 Å². The van der Waals surface area contributed by atoms with Crippen LogP contribution in [-0.2, 0) is 24.1 Å². The second-order valence-electron chi connectivity index (χ2n) is 6.39. The predicted octanol–water partition coefficient (Wildman–Crippen LogP) is 3.04. The number of fused-ring (bicyclic) bond motifs is 1. The molecule has 0 bridgehead atoms. The van der Waals surface area contributed by atoms with Crippen LogP contribution in [0.15, 0.2) is 6.07 Å². The van der Waals surface area contributed by atoms with E-state index in [-0.39, 0.29) is 0 Å². The van der Waals surface area contributed by atoms with E-state index < -0.39 is 6.10 Å². The van der Waals surface area contributed by atoms with Crippen molar-refractivity contribution in [2.45, 2.75) is 70.1 Å². The first-order valence-electron chi connectivity index (χ1n) is 8.42. The third kappa shape index (κ3) is 4.52. The number of hydrogen-bond acceptors (Lipinski definition) is 4. The Bertz CT molecular complexity index is 418. The van der Waals surface area contributed by atoms with Crippen LogP contribution in [0.3, 0.4) is 0 Å². The second kappa shape index (κ2) is 7.73. The molecular weight excluding hydrogens is 282 g/mol. The van der Waals surface area contributed by atoms with Gasteiger partial charge in [0.15, 0.2) is 0 Å². The highest BCUT2D eigenvalue weighted by atomic mass is 32.1. The van der Waals surface area contributed by atoms with Crippen LogP contribution in [-0.4, -0.2) is 30.5 Å². The summed E-state index contributed by atoms with van der Waals surface area (Å²) in [7, 11) is 0. The molecule has 1 saturated carbocycles. The normalized spacial score (nSPS) is 20.6. The highest BCUT2D eigenvalue weighted by Gasteiger charge is 2.16. The van der Waals surface area contributed by atoms with Crippen LogP contribution in [0.2, 0.25) is 0 Å². The Balaban J connectivity index is 1.31. The van der Waals surface area contributed by atoms with E-state index in [1.54, 1.807) is 10.4 Å².